The third kappa shape index (κ3) is 4.28. The molecule has 160 valence electrons. The summed E-state index contributed by atoms with van der Waals surface area (Å²) in [6.07, 6.45) is 13.3. The van der Waals surface area contributed by atoms with Crippen molar-refractivity contribution in [1.29, 1.82) is 0 Å². The molecular formula is C29H26Cl2Zr. The molecule has 0 radical (unpaired) electrons. The Bertz CT molecular complexity index is 1050. The van der Waals surface area contributed by atoms with Gasteiger partial charge in [-0.2, -0.15) is 0 Å². The topological polar surface area (TPSA) is 0 Å². The van der Waals surface area contributed by atoms with Crippen LogP contribution >= 0.6 is 0 Å². The fourth-order valence-electron chi connectivity index (χ4n) is 5.58. The molecular weight excluding hydrogens is 510 g/mol. The molecule has 0 N–H and O–H groups in total. The normalized spacial score (nSPS) is 15.5. The number of halogens is 2. The van der Waals surface area contributed by atoms with Crippen LogP contribution in [0, 0.1) is 5.92 Å². The summed E-state index contributed by atoms with van der Waals surface area (Å²) in [6.45, 7) is 4.06. The molecule has 1 atom stereocenters. The molecule has 0 nitrogen and oxygen atoms in total. The fraction of sp³-hybridized carbons (Fsp3) is 0.172. The monoisotopic (exact) mass is 534 g/mol. The molecule has 3 aromatic rings. The van der Waals surface area contributed by atoms with Gasteiger partial charge in [0.2, 0.25) is 0 Å². The number of hydrogen-bond donors (Lipinski definition) is 0. The average Bonchev–Trinajstić information content (AvgIpc) is 3.43. The first-order valence-corrected chi connectivity index (χ1v) is 10.6. The van der Waals surface area contributed by atoms with Gasteiger partial charge in [0.15, 0.2) is 0 Å². The van der Waals surface area contributed by atoms with Gasteiger partial charge in [-0.1, -0.05) is 109 Å². The van der Waals surface area contributed by atoms with E-state index in [0.29, 0.717) is 11.8 Å². The second kappa shape index (κ2) is 11.5. The van der Waals surface area contributed by atoms with Crippen LogP contribution in [0.25, 0.3) is 11.1 Å². The van der Waals surface area contributed by atoms with Crippen molar-refractivity contribution < 1.29 is 51.0 Å². The second-order valence-corrected chi connectivity index (χ2v) is 8.14. The second-order valence-electron chi connectivity index (χ2n) is 8.14. The minimum atomic E-state index is -0.0539. The van der Waals surface area contributed by atoms with Gasteiger partial charge in [-0.25, -0.2) is 0 Å². The van der Waals surface area contributed by atoms with Gasteiger partial charge in [-0.3, -0.25) is 0 Å². The van der Waals surface area contributed by atoms with E-state index in [2.05, 4.69) is 116 Å². The summed E-state index contributed by atoms with van der Waals surface area (Å²) in [5, 5.41) is 0. The van der Waals surface area contributed by atoms with E-state index in [-0.39, 0.29) is 56.4 Å². The van der Waals surface area contributed by atoms with Crippen LogP contribution in [0.2, 0.25) is 0 Å². The van der Waals surface area contributed by atoms with E-state index < -0.39 is 0 Å². The Hall–Kier alpha value is -1.66. The summed E-state index contributed by atoms with van der Waals surface area (Å²) in [4.78, 5) is 0. The molecule has 0 spiro atoms. The molecule has 3 aromatic carbocycles. The van der Waals surface area contributed by atoms with Crippen LogP contribution in [0.15, 0.2) is 116 Å². The molecule has 0 bridgehead atoms. The molecule has 5 rings (SSSR count). The molecule has 2 aliphatic rings. The Morgan fingerprint density at radius 1 is 0.719 bits per heavy atom. The van der Waals surface area contributed by atoms with Crippen molar-refractivity contribution in [1.82, 2.24) is 0 Å². The van der Waals surface area contributed by atoms with Crippen LogP contribution in [0.1, 0.15) is 35.4 Å². The number of rotatable bonds is 6. The Balaban J connectivity index is 0.00000121. The molecule has 32 heavy (non-hydrogen) atoms. The number of fused-ring (bicyclic) bond motifs is 3. The van der Waals surface area contributed by atoms with Gasteiger partial charge in [-0.05, 0) is 40.7 Å². The quantitative estimate of drug-likeness (QED) is 0.419. The summed E-state index contributed by atoms with van der Waals surface area (Å²) in [6, 6.07) is 29.1. The minimum Gasteiger partial charge on any atom is -1.00 e. The van der Waals surface area contributed by atoms with Crippen molar-refractivity contribution in [2.45, 2.75) is 24.2 Å². The first-order chi connectivity index (χ1) is 14.4. The maximum Gasteiger partial charge on any atom is 2.00 e. The molecule has 0 amide bonds. The SMILES string of the molecule is C=CCCC(c1ccccc1)(C1C=CC=C1)C1c2ccccc2-c2ccccc21.[Cl-].[Cl-].[Zr+2]. The van der Waals surface area contributed by atoms with Gasteiger partial charge >= 0.3 is 26.2 Å². The first-order valence-electron chi connectivity index (χ1n) is 10.6. The Morgan fingerprint density at radius 2 is 1.22 bits per heavy atom. The summed E-state index contributed by atoms with van der Waals surface area (Å²) in [5.41, 5.74) is 7.04. The van der Waals surface area contributed by atoms with Crippen molar-refractivity contribution >= 4 is 0 Å². The number of benzene rings is 3. The molecule has 0 saturated heterocycles. The van der Waals surface area contributed by atoms with Crippen LogP contribution in [0.4, 0.5) is 0 Å². The van der Waals surface area contributed by atoms with Crippen LogP contribution < -0.4 is 24.8 Å². The van der Waals surface area contributed by atoms with E-state index in [0.717, 1.165) is 12.8 Å². The maximum absolute atomic E-state index is 4.06. The summed E-state index contributed by atoms with van der Waals surface area (Å²) in [5.74, 6) is 0.670. The van der Waals surface area contributed by atoms with Gasteiger partial charge in [0.05, 0.1) is 0 Å². The summed E-state index contributed by atoms with van der Waals surface area (Å²) < 4.78 is 0. The van der Waals surface area contributed by atoms with Gasteiger partial charge in [-0.15, -0.1) is 6.58 Å². The van der Waals surface area contributed by atoms with Crippen molar-refractivity contribution in [3.05, 3.63) is 133 Å². The van der Waals surface area contributed by atoms with Crippen molar-refractivity contribution in [2.75, 3.05) is 0 Å². The smallest absolute Gasteiger partial charge is 1.00 e. The molecule has 0 heterocycles. The zero-order valence-corrected chi connectivity index (χ0v) is 21.9. The fourth-order valence-corrected chi connectivity index (χ4v) is 5.58. The molecule has 0 aromatic heterocycles. The van der Waals surface area contributed by atoms with E-state index in [9.17, 15) is 0 Å². The predicted molar refractivity (Wildman–Crippen MR) is 123 cm³/mol. The van der Waals surface area contributed by atoms with Crippen molar-refractivity contribution in [2.24, 2.45) is 5.92 Å². The maximum atomic E-state index is 4.06. The van der Waals surface area contributed by atoms with Gasteiger partial charge in [0, 0.05) is 17.3 Å². The summed E-state index contributed by atoms with van der Waals surface area (Å²) in [7, 11) is 0. The third-order valence-electron chi connectivity index (χ3n) is 6.77. The van der Waals surface area contributed by atoms with Crippen molar-refractivity contribution in [3.8, 4) is 11.1 Å². The molecule has 1 unspecified atom stereocenters. The Kier molecular flexibility index (Phi) is 9.53. The van der Waals surface area contributed by atoms with E-state index >= 15 is 0 Å². The molecule has 3 heteroatoms. The Labute approximate surface area is 223 Å². The largest absolute Gasteiger partial charge is 2.00 e. The minimum absolute atomic E-state index is 0. The molecule has 0 saturated carbocycles. The Morgan fingerprint density at radius 3 is 1.75 bits per heavy atom. The number of allylic oxidation sites excluding steroid dienone is 5. The number of hydrogen-bond acceptors (Lipinski definition) is 0. The van der Waals surface area contributed by atoms with E-state index in [4.69, 9.17) is 0 Å². The van der Waals surface area contributed by atoms with Gasteiger partial charge < -0.3 is 24.8 Å². The van der Waals surface area contributed by atoms with Gasteiger partial charge in [0.25, 0.3) is 0 Å². The molecule has 0 fully saturated rings. The van der Waals surface area contributed by atoms with Gasteiger partial charge in [0.1, 0.15) is 0 Å². The zero-order valence-electron chi connectivity index (χ0n) is 17.9. The third-order valence-corrected chi connectivity index (χ3v) is 6.77. The van der Waals surface area contributed by atoms with Crippen LogP contribution in [-0.2, 0) is 31.6 Å². The van der Waals surface area contributed by atoms with Crippen molar-refractivity contribution in [3.63, 3.8) is 0 Å². The van der Waals surface area contributed by atoms with Crippen LogP contribution in [0.3, 0.4) is 0 Å². The molecule has 0 aliphatic heterocycles. The van der Waals surface area contributed by atoms with E-state index in [1.54, 1.807) is 0 Å². The zero-order chi connectivity index (χ0) is 19.7. The molecule has 2 aliphatic carbocycles. The first kappa shape index (κ1) is 26.6. The standard InChI is InChI=1S/C29H26.2ClH.Zr/c1-2-3-21-29(23-15-7-8-16-23,22-13-5-4-6-14-22)28-26-19-11-9-17-24(26)25-18-10-12-20-27(25)28;;;/h2,4-20,23,28H,1,3,21H2;2*1H;/q;;;+2/p-2. The predicted octanol–water partition coefficient (Wildman–Crippen LogP) is 1.45. The summed E-state index contributed by atoms with van der Waals surface area (Å²) >= 11 is 0. The average molecular weight is 537 g/mol. The van der Waals surface area contributed by atoms with E-state index in [1.807, 2.05) is 0 Å². The van der Waals surface area contributed by atoms with E-state index in [1.165, 1.54) is 27.8 Å². The van der Waals surface area contributed by atoms with Crippen LogP contribution in [-0.4, -0.2) is 0 Å². The van der Waals surface area contributed by atoms with Crippen LogP contribution in [0.5, 0.6) is 0 Å².